The summed E-state index contributed by atoms with van der Waals surface area (Å²) in [5.41, 5.74) is 0. The van der Waals surface area contributed by atoms with Gasteiger partial charge in [-0.15, -0.1) is 0 Å². The monoisotopic (exact) mass is 199 g/mol. The van der Waals surface area contributed by atoms with Crippen molar-refractivity contribution in [2.75, 3.05) is 26.2 Å². The fourth-order valence-corrected chi connectivity index (χ4v) is 2.44. The van der Waals surface area contributed by atoms with Crippen LogP contribution in [0.25, 0.3) is 0 Å². The van der Waals surface area contributed by atoms with Crippen molar-refractivity contribution in [3.05, 3.63) is 0 Å². The number of hydrogen-bond acceptors (Lipinski definition) is 2. The lowest BCUT2D eigenvalue weighted by molar-refractivity contribution is 0.226. The van der Waals surface area contributed by atoms with E-state index in [4.69, 9.17) is 5.11 Å². The van der Waals surface area contributed by atoms with Gasteiger partial charge in [-0.05, 0) is 44.7 Å². The lowest BCUT2D eigenvalue weighted by atomic mass is 9.96. The van der Waals surface area contributed by atoms with Crippen LogP contribution >= 0.6 is 0 Å². The molecule has 84 valence electrons. The van der Waals surface area contributed by atoms with Crippen molar-refractivity contribution in [3.63, 3.8) is 0 Å². The minimum absolute atomic E-state index is 0.342. The summed E-state index contributed by atoms with van der Waals surface area (Å²) in [6, 6.07) is 0. The molecule has 0 aromatic heterocycles. The van der Waals surface area contributed by atoms with Gasteiger partial charge in [0.2, 0.25) is 0 Å². The van der Waals surface area contributed by atoms with Crippen molar-refractivity contribution >= 4 is 0 Å². The second-order valence-corrected chi connectivity index (χ2v) is 4.50. The van der Waals surface area contributed by atoms with Crippen molar-refractivity contribution in [1.29, 1.82) is 0 Å². The Hall–Kier alpha value is -0.0800. The molecule has 0 amide bonds. The van der Waals surface area contributed by atoms with E-state index in [0.29, 0.717) is 6.61 Å². The Morgan fingerprint density at radius 3 is 2.86 bits per heavy atom. The van der Waals surface area contributed by atoms with Crippen LogP contribution in [0.15, 0.2) is 0 Å². The number of likely N-dealkylation sites (tertiary alicyclic amines) is 1. The maximum absolute atomic E-state index is 8.78. The first kappa shape index (κ1) is 12.0. The highest BCUT2D eigenvalue weighted by Crippen LogP contribution is 2.21. The molecule has 0 aromatic carbocycles. The van der Waals surface area contributed by atoms with Crippen molar-refractivity contribution in [3.8, 4) is 0 Å². The molecule has 0 radical (unpaired) electrons. The summed E-state index contributed by atoms with van der Waals surface area (Å²) in [4.78, 5) is 2.52. The highest BCUT2D eigenvalue weighted by atomic mass is 16.3. The molecule has 1 atom stereocenters. The third kappa shape index (κ3) is 4.43. The molecule has 14 heavy (non-hydrogen) atoms. The van der Waals surface area contributed by atoms with Gasteiger partial charge in [-0.25, -0.2) is 0 Å². The Balaban J connectivity index is 2.19. The first-order valence-electron chi connectivity index (χ1n) is 6.20. The Morgan fingerprint density at radius 2 is 2.14 bits per heavy atom. The maximum Gasteiger partial charge on any atom is 0.0443 e. The molecular weight excluding hydrogens is 174 g/mol. The molecule has 1 heterocycles. The van der Waals surface area contributed by atoms with Gasteiger partial charge in [-0.3, -0.25) is 0 Å². The Labute approximate surface area is 88.3 Å². The van der Waals surface area contributed by atoms with Gasteiger partial charge in [0.1, 0.15) is 0 Å². The van der Waals surface area contributed by atoms with Gasteiger partial charge in [0.25, 0.3) is 0 Å². The lowest BCUT2D eigenvalue weighted by Gasteiger charge is -2.19. The third-order valence-corrected chi connectivity index (χ3v) is 3.27. The van der Waals surface area contributed by atoms with E-state index in [1.165, 1.54) is 45.2 Å². The lowest BCUT2D eigenvalue weighted by Crippen LogP contribution is -2.26. The molecular formula is C12H25NO. The van der Waals surface area contributed by atoms with Gasteiger partial charge in [-0.2, -0.15) is 0 Å². The molecule has 0 saturated carbocycles. The molecule has 2 nitrogen and oxygen atoms in total. The normalized spacial score (nSPS) is 24.9. The van der Waals surface area contributed by atoms with Crippen LogP contribution in [0, 0.1) is 5.92 Å². The summed E-state index contributed by atoms with van der Waals surface area (Å²) in [7, 11) is 0. The number of hydrogen-bond donors (Lipinski definition) is 1. The second kappa shape index (κ2) is 7.24. The summed E-state index contributed by atoms with van der Waals surface area (Å²) in [6.45, 7) is 6.23. The fourth-order valence-electron chi connectivity index (χ4n) is 2.44. The molecule has 0 spiro atoms. The van der Waals surface area contributed by atoms with E-state index in [2.05, 4.69) is 11.8 Å². The van der Waals surface area contributed by atoms with Crippen LogP contribution in [0.3, 0.4) is 0 Å². The maximum atomic E-state index is 8.78. The van der Waals surface area contributed by atoms with E-state index in [9.17, 15) is 0 Å². The second-order valence-electron chi connectivity index (χ2n) is 4.50. The molecule has 1 unspecified atom stereocenters. The van der Waals surface area contributed by atoms with E-state index in [-0.39, 0.29) is 0 Å². The molecule has 0 aromatic rings. The van der Waals surface area contributed by atoms with Gasteiger partial charge >= 0.3 is 0 Å². The van der Waals surface area contributed by atoms with Crippen LogP contribution in [-0.2, 0) is 0 Å². The van der Waals surface area contributed by atoms with Gasteiger partial charge in [-0.1, -0.05) is 19.8 Å². The molecule has 0 bridgehead atoms. The number of aliphatic hydroxyl groups excluding tert-OH is 1. The van der Waals surface area contributed by atoms with E-state index >= 15 is 0 Å². The molecule has 0 aliphatic carbocycles. The topological polar surface area (TPSA) is 23.5 Å². The van der Waals surface area contributed by atoms with Crippen molar-refractivity contribution in [2.45, 2.75) is 45.4 Å². The Bertz CT molecular complexity index is 138. The van der Waals surface area contributed by atoms with E-state index in [1.807, 2.05) is 0 Å². The van der Waals surface area contributed by atoms with Gasteiger partial charge < -0.3 is 10.0 Å². The van der Waals surface area contributed by atoms with Crippen LogP contribution in [0.5, 0.6) is 0 Å². The number of rotatable bonds is 5. The number of aliphatic hydroxyl groups is 1. The Morgan fingerprint density at radius 1 is 1.29 bits per heavy atom. The largest absolute Gasteiger partial charge is 0.396 e. The summed E-state index contributed by atoms with van der Waals surface area (Å²) < 4.78 is 0. The van der Waals surface area contributed by atoms with Crippen molar-refractivity contribution < 1.29 is 5.11 Å². The average molecular weight is 199 g/mol. The zero-order valence-electron chi connectivity index (χ0n) is 9.54. The highest BCUT2D eigenvalue weighted by molar-refractivity contribution is 4.69. The minimum atomic E-state index is 0.342. The summed E-state index contributed by atoms with van der Waals surface area (Å²) in [5.74, 6) is 0.971. The minimum Gasteiger partial charge on any atom is -0.396 e. The fraction of sp³-hybridized carbons (Fsp3) is 1.00. The van der Waals surface area contributed by atoms with Crippen LogP contribution in [-0.4, -0.2) is 36.2 Å². The van der Waals surface area contributed by atoms with E-state index in [1.54, 1.807) is 0 Å². The number of nitrogens with zero attached hydrogens (tertiary/aromatic N) is 1. The smallest absolute Gasteiger partial charge is 0.0443 e. The van der Waals surface area contributed by atoms with Crippen molar-refractivity contribution in [1.82, 2.24) is 4.90 Å². The van der Waals surface area contributed by atoms with Crippen LogP contribution in [0.2, 0.25) is 0 Å². The Kier molecular flexibility index (Phi) is 6.20. The zero-order chi connectivity index (χ0) is 10.2. The molecule has 1 rings (SSSR count). The van der Waals surface area contributed by atoms with Gasteiger partial charge in [0.15, 0.2) is 0 Å². The molecule has 1 aliphatic rings. The predicted molar refractivity (Wildman–Crippen MR) is 60.4 cm³/mol. The SMILES string of the molecule is CCCC1CCCN(CCCO)CC1. The first-order chi connectivity index (χ1) is 6.86. The van der Waals surface area contributed by atoms with Gasteiger partial charge in [0, 0.05) is 13.2 Å². The third-order valence-electron chi connectivity index (χ3n) is 3.27. The summed E-state index contributed by atoms with van der Waals surface area (Å²) in [5, 5.41) is 8.78. The molecule has 1 aliphatic heterocycles. The molecule has 1 N–H and O–H groups in total. The average Bonchev–Trinajstić information content (AvgIpc) is 2.41. The zero-order valence-corrected chi connectivity index (χ0v) is 9.54. The molecule has 1 fully saturated rings. The van der Waals surface area contributed by atoms with Crippen LogP contribution in [0.1, 0.15) is 45.4 Å². The van der Waals surface area contributed by atoms with Crippen LogP contribution < -0.4 is 0 Å². The van der Waals surface area contributed by atoms with Gasteiger partial charge in [0.05, 0.1) is 0 Å². The molecule has 2 heteroatoms. The standard InChI is InChI=1S/C12H25NO/c1-2-5-12-6-3-8-13(10-7-12)9-4-11-14/h12,14H,2-11H2,1H3. The quantitative estimate of drug-likeness (QED) is 0.734. The van der Waals surface area contributed by atoms with Crippen LogP contribution in [0.4, 0.5) is 0 Å². The first-order valence-corrected chi connectivity index (χ1v) is 6.20. The van der Waals surface area contributed by atoms with E-state index in [0.717, 1.165) is 18.9 Å². The highest BCUT2D eigenvalue weighted by Gasteiger charge is 2.15. The summed E-state index contributed by atoms with van der Waals surface area (Å²) >= 11 is 0. The van der Waals surface area contributed by atoms with E-state index < -0.39 is 0 Å². The van der Waals surface area contributed by atoms with Crippen molar-refractivity contribution in [2.24, 2.45) is 5.92 Å². The molecule has 1 saturated heterocycles. The predicted octanol–water partition coefficient (Wildman–Crippen LogP) is 2.27. The summed E-state index contributed by atoms with van der Waals surface area (Å²) in [6.07, 6.45) is 7.84.